The molecule has 0 atom stereocenters. The first-order valence-electron chi connectivity index (χ1n) is 8.51. The van der Waals surface area contributed by atoms with Crippen LogP contribution >= 0.6 is 0 Å². The fourth-order valence-electron chi connectivity index (χ4n) is 4.03. The Labute approximate surface area is 120 Å². The third-order valence-corrected chi connectivity index (χ3v) is 5.68. The van der Waals surface area contributed by atoms with Gasteiger partial charge >= 0.3 is 0 Å². The van der Waals surface area contributed by atoms with E-state index >= 15 is 0 Å². The molecule has 0 aliphatic carbocycles. The van der Waals surface area contributed by atoms with Gasteiger partial charge in [-0.3, -0.25) is 4.90 Å². The van der Waals surface area contributed by atoms with E-state index in [1.54, 1.807) is 0 Å². The molecule has 0 radical (unpaired) electrons. The van der Waals surface area contributed by atoms with Crippen LogP contribution in [-0.4, -0.2) is 47.6 Å². The first-order valence-corrected chi connectivity index (χ1v) is 8.51. The molecule has 2 aliphatic rings. The van der Waals surface area contributed by atoms with Gasteiger partial charge in [-0.2, -0.15) is 0 Å². The molecule has 2 heterocycles. The van der Waals surface area contributed by atoms with E-state index in [-0.39, 0.29) is 0 Å². The normalized spacial score (nSPS) is 25.7. The Hall–Kier alpha value is -0.0800. The van der Waals surface area contributed by atoms with Crippen LogP contribution in [0.25, 0.3) is 0 Å². The SMILES string of the molecule is CC(C)N1CCC(C(C)(C)N2CCCCCC2)CC1. The van der Waals surface area contributed by atoms with E-state index in [9.17, 15) is 0 Å². The number of rotatable bonds is 3. The summed E-state index contributed by atoms with van der Waals surface area (Å²) in [4.78, 5) is 5.45. The first kappa shape index (κ1) is 15.3. The highest BCUT2D eigenvalue weighted by Gasteiger charge is 2.37. The summed E-state index contributed by atoms with van der Waals surface area (Å²) in [6, 6.07) is 0.724. The Morgan fingerprint density at radius 3 is 1.84 bits per heavy atom. The van der Waals surface area contributed by atoms with Crippen LogP contribution in [0.1, 0.15) is 66.2 Å². The maximum Gasteiger partial charge on any atom is 0.0182 e. The molecular formula is C17H34N2. The van der Waals surface area contributed by atoms with Crippen molar-refractivity contribution in [3.05, 3.63) is 0 Å². The predicted molar refractivity (Wildman–Crippen MR) is 83.6 cm³/mol. The fourth-order valence-corrected chi connectivity index (χ4v) is 4.03. The van der Waals surface area contributed by atoms with E-state index in [4.69, 9.17) is 0 Å². The Morgan fingerprint density at radius 1 is 0.842 bits per heavy atom. The summed E-state index contributed by atoms with van der Waals surface area (Å²) in [5, 5.41) is 0. The van der Waals surface area contributed by atoms with Gasteiger partial charge < -0.3 is 4.90 Å². The lowest BCUT2D eigenvalue weighted by Gasteiger charge is -2.47. The Balaban J connectivity index is 1.92. The third-order valence-electron chi connectivity index (χ3n) is 5.68. The molecule has 2 heteroatoms. The second-order valence-corrected chi connectivity index (χ2v) is 7.46. The predicted octanol–water partition coefficient (Wildman–Crippen LogP) is 3.76. The van der Waals surface area contributed by atoms with Crippen LogP contribution in [0.15, 0.2) is 0 Å². The van der Waals surface area contributed by atoms with Gasteiger partial charge in [-0.25, -0.2) is 0 Å². The van der Waals surface area contributed by atoms with Crippen LogP contribution in [-0.2, 0) is 0 Å². The van der Waals surface area contributed by atoms with Crippen molar-refractivity contribution in [3.63, 3.8) is 0 Å². The lowest BCUT2D eigenvalue weighted by Crippen LogP contribution is -2.53. The standard InChI is InChI=1S/C17H34N2/c1-15(2)18-13-9-16(10-14-18)17(3,4)19-11-7-5-6-8-12-19/h15-16H,5-14H2,1-4H3. The van der Waals surface area contributed by atoms with E-state index < -0.39 is 0 Å². The van der Waals surface area contributed by atoms with Gasteiger partial charge in [0.25, 0.3) is 0 Å². The van der Waals surface area contributed by atoms with E-state index in [0.29, 0.717) is 5.54 Å². The Bertz CT molecular complexity index is 256. The van der Waals surface area contributed by atoms with Crippen LogP contribution in [0.3, 0.4) is 0 Å². The lowest BCUT2D eigenvalue weighted by atomic mass is 9.78. The van der Waals surface area contributed by atoms with Gasteiger partial charge in [0.15, 0.2) is 0 Å². The second kappa shape index (κ2) is 6.58. The van der Waals surface area contributed by atoms with Crippen molar-refractivity contribution >= 4 is 0 Å². The summed E-state index contributed by atoms with van der Waals surface area (Å²) >= 11 is 0. The van der Waals surface area contributed by atoms with E-state index in [1.165, 1.54) is 64.7 Å². The highest BCUT2D eigenvalue weighted by Crippen LogP contribution is 2.34. The van der Waals surface area contributed by atoms with Gasteiger partial charge in [0.05, 0.1) is 0 Å². The van der Waals surface area contributed by atoms with Crippen LogP contribution < -0.4 is 0 Å². The molecule has 0 spiro atoms. The Kier molecular flexibility index (Phi) is 5.30. The van der Waals surface area contributed by atoms with Gasteiger partial charge in [-0.15, -0.1) is 0 Å². The van der Waals surface area contributed by atoms with Crippen molar-refractivity contribution < 1.29 is 0 Å². The summed E-state index contributed by atoms with van der Waals surface area (Å²) in [5.74, 6) is 0.889. The molecule has 19 heavy (non-hydrogen) atoms. The maximum absolute atomic E-state index is 2.80. The smallest absolute Gasteiger partial charge is 0.0182 e. The molecule has 0 N–H and O–H groups in total. The number of nitrogens with zero attached hydrogens (tertiary/aromatic N) is 2. The van der Waals surface area contributed by atoms with Crippen molar-refractivity contribution in [1.29, 1.82) is 0 Å². The maximum atomic E-state index is 2.80. The van der Waals surface area contributed by atoms with Crippen molar-refractivity contribution in [1.82, 2.24) is 9.80 Å². The van der Waals surface area contributed by atoms with Crippen molar-refractivity contribution in [2.24, 2.45) is 5.92 Å². The van der Waals surface area contributed by atoms with Crippen molar-refractivity contribution in [2.45, 2.75) is 77.8 Å². The summed E-state index contributed by atoms with van der Waals surface area (Å²) in [6.45, 7) is 15.0. The number of likely N-dealkylation sites (tertiary alicyclic amines) is 2. The molecule has 2 saturated heterocycles. The van der Waals surface area contributed by atoms with Crippen molar-refractivity contribution in [2.75, 3.05) is 26.2 Å². The molecule has 0 saturated carbocycles. The van der Waals surface area contributed by atoms with Crippen LogP contribution in [0.5, 0.6) is 0 Å². The minimum Gasteiger partial charge on any atom is -0.301 e. The average molecular weight is 266 g/mol. The summed E-state index contributed by atoms with van der Waals surface area (Å²) in [6.07, 6.45) is 8.49. The molecule has 0 amide bonds. The van der Waals surface area contributed by atoms with Crippen LogP contribution in [0.4, 0.5) is 0 Å². The topological polar surface area (TPSA) is 6.48 Å². The van der Waals surface area contributed by atoms with E-state index in [0.717, 1.165) is 12.0 Å². The van der Waals surface area contributed by atoms with Crippen molar-refractivity contribution in [3.8, 4) is 0 Å². The average Bonchev–Trinajstić information content (AvgIpc) is 2.68. The number of hydrogen-bond acceptors (Lipinski definition) is 2. The Morgan fingerprint density at radius 2 is 1.37 bits per heavy atom. The zero-order valence-corrected chi connectivity index (χ0v) is 13.6. The molecule has 2 aliphatic heterocycles. The van der Waals surface area contributed by atoms with Gasteiger partial charge in [-0.1, -0.05) is 12.8 Å². The van der Waals surface area contributed by atoms with Gasteiger partial charge in [-0.05, 0) is 85.5 Å². The molecule has 0 aromatic rings. The molecule has 0 aromatic carbocycles. The minimum atomic E-state index is 0.410. The quantitative estimate of drug-likeness (QED) is 0.767. The van der Waals surface area contributed by atoms with E-state index in [2.05, 4.69) is 37.5 Å². The molecule has 0 aromatic heterocycles. The number of hydrogen-bond donors (Lipinski definition) is 0. The molecular weight excluding hydrogens is 232 g/mol. The monoisotopic (exact) mass is 266 g/mol. The van der Waals surface area contributed by atoms with Gasteiger partial charge in [0.1, 0.15) is 0 Å². The van der Waals surface area contributed by atoms with Gasteiger partial charge in [0.2, 0.25) is 0 Å². The largest absolute Gasteiger partial charge is 0.301 e. The second-order valence-electron chi connectivity index (χ2n) is 7.46. The molecule has 0 bridgehead atoms. The highest BCUT2D eigenvalue weighted by atomic mass is 15.2. The summed E-state index contributed by atoms with van der Waals surface area (Å²) in [7, 11) is 0. The number of piperidine rings is 1. The third kappa shape index (κ3) is 3.72. The highest BCUT2D eigenvalue weighted by molar-refractivity contribution is 4.92. The fraction of sp³-hybridized carbons (Fsp3) is 1.00. The summed E-state index contributed by atoms with van der Waals surface area (Å²) in [5.41, 5.74) is 0.410. The van der Waals surface area contributed by atoms with Crippen LogP contribution in [0.2, 0.25) is 0 Å². The zero-order chi connectivity index (χ0) is 13.9. The molecule has 2 nitrogen and oxygen atoms in total. The summed E-state index contributed by atoms with van der Waals surface area (Å²) < 4.78 is 0. The molecule has 112 valence electrons. The first-order chi connectivity index (χ1) is 9.01. The zero-order valence-electron chi connectivity index (χ0n) is 13.6. The lowest BCUT2D eigenvalue weighted by molar-refractivity contribution is 0.0224. The molecule has 0 unspecified atom stereocenters. The van der Waals surface area contributed by atoms with E-state index in [1.807, 2.05) is 0 Å². The molecule has 2 rings (SSSR count). The van der Waals surface area contributed by atoms with Crippen LogP contribution in [0, 0.1) is 5.92 Å². The minimum absolute atomic E-state index is 0.410. The molecule has 2 fully saturated rings. The van der Waals surface area contributed by atoms with Gasteiger partial charge in [0, 0.05) is 11.6 Å².